The molecule has 112 valence electrons. The van der Waals surface area contributed by atoms with E-state index in [1.807, 2.05) is 13.8 Å². The van der Waals surface area contributed by atoms with Gasteiger partial charge in [0.25, 0.3) is 0 Å². The molecule has 20 heavy (non-hydrogen) atoms. The Morgan fingerprint density at radius 3 is 2.75 bits per heavy atom. The Labute approximate surface area is 118 Å². The van der Waals surface area contributed by atoms with Crippen LogP contribution in [0.1, 0.15) is 32.5 Å². The topological polar surface area (TPSA) is 107 Å². The molecule has 0 aliphatic heterocycles. The van der Waals surface area contributed by atoms with E-state index in [1.165, 1.54) is 0 Å². The Balaban J connectivity index is 2.22. The highest BCUT2D eigenvalue weighted by Gasteiger charge is 2.20. The summed E-state index contributed by atoms with van der Waals surface area (Å²) in [6, 6.07) is -1.29. The number of rotatable bonds is 8. The number of aromatic nitrogens is 2. The van der Waals surface area contributed by atoms with Crippen molar-refractivity contribution in [2.24, 2.45) is 5.92 Å². The summed E-state index contributed by atoms with van der Waals surface area (Å²) in [5, 5.41) is 14.1. The SMILES string of the molecule is CC(C)CC(NC(=O)NCCCc1ncc[nH]1)C(=O)O. The number of carboxylic acid groups (broad SMARTS) is 1. The normalized spacial score (nSPS) is 12.2. The van der Waals surface area contributed by atoms with E-state index < -0.39 is 18.0 Å². The van der Waals surface area contributed by atoms with E-state index >= 15 is 0 Å². The van der Waals surface area contributed by atoms with Gasteiger partial charge >= 0.3 is 12.0 Å². The van der Waals surface area contributed by atoms with Crippen molar-refractivity contribution in [1.29, 1.82) is 0 Å². The molecule has 2 amide bonds. The molecular weight excluding hydrogens is 260 g/mol. The molecule has 0 aromatic carbocycles. The summed E-state index contributed by atoms with van der Waals surface area (Å²) < 4.78 is 0. The van der Waals surface area contributed by atoms with Gasteiger partial charge in [-0.15, -0.1) is 0 Å². The second kappa shape index (κ2) is 8.19. The maximum absolute atomic E-state index is 11.6. The number of hydrogen-bond donors (Lipinski definition) is 4. The van der Waals surface area contributed by atoms with E-state index in [0.717, 1.165) is 18.7 Å². The molecule has 0 aliphatic carbocycles. The number of nitrogens with zero attached hydrogens (tertiary/aromatic N) is 1. The summed E-state index contributed by atoms with van der Waals surface area (Å²) >= 11 is 0. The number of carbonyl (C=O) groups is 2. The minimum absolute atomic E-state index is 0.204. The number of aliphatic carboxylic acids is 1. The fourth-order valence-electron chi connectivity index (χ4n) is 1.79. The van der Waals surface area contributed by atoms with Crippen LogP contribution in [0.4, 0.5) is 4.79 Å². The van der Waals surface area contributed by atoms with Crippen LogP contribution in [-0.2, 0) is 11.2 Å². The number of H-pyrrole nitrogens is 1. The first kappa shape index (κ1) is 16.0. The van der Waals surface area contributed by atoms with Gasteiger partial charge in [-0.3, -0.25) is 0 Å². The van der Waals surface area contributed by atoms with Gasteiger partial charge in [-0.05, 0) is 18.8 Å². The van der Waals surface area contributed by atoms with E-state index in [4.69, 9.17) is 5.11 Å². The molecule has 1 unspecified atom stereocenters. The Kier molecular flexibility index (Phi) is 6.55. The molecular formula is C13H22N4O3. The zero-order valence-corrected chi connectivity index (χ0v) is 11.8. The van der Waals surface area contributed by atoms with Crippen LogP contribution in [0, 0.1) is 5.92 Å². The van der Waals surface area contributed by atoms with Gasteiger partial charge in [-0.25, -0.2) is 14.6 Å². The molecule has 4 N–H and O–H groups in total. The Morgan fingerprint density at radius 1 is 1.45 bits per heavy atom. The lowest BCUT2D eigenvalue weighted by atomic mass is 10.0. The largest absolute Gasteiger partial charge is 0.480 e. The van der Waals surface area contributed by atoms with E-state index in [-0.39, 0.29) is 5.92 Å². The fraction of sp³-hybridized carbons (Fsp3) is 0.615. The van der Waals surface area contributed by atoms with Gasteiger partial charge < -0.3 is 20.7 Å². The van der Waals surface area contributed by atoms with Crippen molar-refractivity contribution in [3.05, 3.63) is 18.2 Å². The van der Waals surface area contributed by atoms with Crippen molar-refractivity contribution in [3.63, 3.8) is 0 Å². The van der Waals surface area contributed by atoms with Crippen LogP contribution in [0.5, 0.6) is 0 Å². The summed E-state index contributed by atoms with van der Waals surface area (Å²) in [6.45, 7) is 4.30. The maximum Gasteiger partial charge on any atom is 0.326 e. The molecule has 1 aromatic heterocycles. The summed E-state index contributed by atoms with van der Waals surface area (Å²) in [6.07, 6.45) is 5.32. The van der Waals surface area contributed by atoms with Crippen molar-refractivity contribution < 1.29 is 14.7 Å². The first-order chi connectivity index (χ1) is 9.49. The molecule has 1 aromatic rings. The predicted molar refractivity (Wildman–Crippen MR) is 74.3 cm³/mol. The van der Waals surface area contributed by atoms with Crippen molar-refractivity contribution >= 4 is 12.0 Å². The lowest BCUT2D eigenvalue weighted by Gasteiger charge is -2.16. The van der Waals surface area contributed by atoms with Crippen molar-refractivity contribution in [2.45, 2.75) is 39.2 Å². The van der Waals surface area contributed by atoms with Crippen LogP contribution in [0.3, 0.4) is 0 Å². The van der Waals surface area contributed by atoms with Crippen molar-refractivity contribution in [2.75, 3.05) is 6.54 Å². The number of carbonyl (C=O) groups excluding carboxylic acids is 1. The van der Waals surface area contributed by atoms with Gasteiger partial charge in [0.05, 0.1) is 0 Å². The van der Waals surface area contributed by atoms with Gasteiger partial charge in [-0.2, -0.15) is 0 Å². The highest BCUT2D eigenvalue weighted by molar-refractivity contribution is 5.82. The van der Waals surface area contributed by atoms with Crippen LogP contribution < -0.4 is 10.6 Å². The van der Waals surface area contributed by atoms with Crippen LogP contribution in [0.15, 0.2) is 12.4 Å². The van der Waals surface area contributed by atoms with Crippen LogP contribution in [-0.4, -0.2) is 39.7 Å². The van der Waals surface area contributed by atoms with Gasteiger partial charge in [0.15, 0.2) is 0 Å². The van der Waals surface area contributed by atoms with E-state index in [2.05, 4.69) is 20.6 Å². The third-order valence-corrected chi connectivity index (χ3v) is 2.74. The van der Waals surface area contributed by atoms with Gasteiger partial charge in [0, 0.05) is 25.4 Å². The molecule has 7 heteroatoms. The molecule has 0 bridgehead atoms. The molecule has 0 spiro atoms. The maximum atomic E-state index is 11.6. The van der Waals surface area contributed by atoms with E-state index in [1.54, 1.807) is 12.4 Å². The molecule has 0 saturated carbocycles. The number of carboxylic acids is 1. The molecule has 1 heterocycles. The third kappa shape index (κ3) is 6.21. The summed E-state index contributed by atoms with van der Waals surface area (Å²) in [4.78, 5) is 29.6. The first-order valence-electron chi connectivity index (χ1n) is 6.74. The average Bonchev–Trinajstić information content (AvgIpc) is 2.86. The van der Waals surface area contributed by atoms with Gasteiger partial charge in [-0.1, -0.05) is 13.8 Å². The third-order valence-electron chi connectivity index (χ3n) is 2.74. The quantitative estimate of drug-likeness (QED) is 0.536. The van der Waals surface area contributed by atoms with Crippen molar-refractivity contribution in [1.82, 2.24) is 20.6 Å². The molecule has 1 atom stereocenters. The van der Waals surface area contributed by atoms with E-state index in [9.17, 15) is 9.59 Å². The summed E-state index contributed by atoms with van der Waals surface area (Å²) in [5.41, 5.74) is 0. The number of hydrogen-bond acceptors (Lipinski definition) is 3. The highest BCUT2D eigenvalue weighted by Crippen LogP contribution is 2.04. The first-order valence-corrected chi connectivity index (χ1v) is 6.74. The fourth-order valence-corrected chi connectivity index (χ4v) is 1.79. The molecule has 0 saturated heterocycles. The van der Waals surface area contributed by atoms with Crippen LogP contribution in [0.2, 0.25) is 0 Å². The Morgan fingerprint density at radius 2 is 2.20 bits per heavy atom. The van der Waals surface area contributed by atoms with Gasteiger partial charge in [0.1, 0.15) is 11.9 Å². The van der Waals surface area contributed by atoms with E-state index in [0.29, 0.717) is 13.0 Å². The summed E-state index contributed by atoms with van der Waals surface area (Å²) in [5.74, 6) is 0.0650. The van der Waals surface area contributed by atoms with Gasteiger partial charge in [0.2, 0.25) is 0 Å². The zero-order chi connectivity index (χ0) is 15.0. The summed E-state index contributed by atoms with van der Waals surface area (Å²) in [7, 11) is 0. The van der Waals surface area contributed by atoms with Crippen LogP contribution in [0.25, 0.3) is 0 Å². The Bertz CT molecular complexity index is 417. The number of amides is 2. The average molecular weight is 282 g/mol. The monoisotopic (exact) mass is 282 g/mol. The number of nitrogens with one attached hydrogen (secondary N) is 3. The standard InChI is InChI=1S/C13H22N4O3/c1-9(2)8-10(12(18)19)17-13(20)16-5-3-4-11-14-6-7-15-11/h6-7,9-10H,3-5,8H2,1-2H3,(H,14,15)(H,18,19)(H2,16,17,20). The predicted octanol–water partition coefficient (Wildman–Crippen LogP) is 1.14. The zero-order valence-electron chi connectivity index (χ0n) is 11.8. The number of urea groups is 1. The molecule has 1 rings (SSSR count). The second-order valence-corrected chi connectivity index (χ2v) is 5.06. The molecule has 0 fully saturated rings. The molecule has 0 aliphatic rings. The number of aryl methyl sites for hydroxylation is 1. The highest BCUT2D eigenvalue weighted by atomic mass is 16.4. The number of aromatic amines is 1. The van der Waals surface area contributed by atoms with Crippen molar-refractivity contribution in [3.8, 4) is 0 Å². The van der Waals surface area contributed by atoms with Crippen LogP contribution >= 0.6 is 0 Å². The lowest BCUT2D eigenvalue weighted by Crippen LogP contribution is -2.46. The minimum atomic E-state index is -1.01. The number of imidazole rings is 1. The smallest absolute Gasteiger partial charge is 0.326 e. The second-order valence-electron chi connectivity index (χ2n) is 5.06. The lowest BCUT2D eigenvalue weighted by molar-refractivity contribution is -0.139. The molecule has 7 nitrogen and oxygen atoms in total. The minimum Gasteiger partial charge on any atom is -0.480 e. The Hall–Kier alpha value is -2.05. The molecule has 0 radical (unpaired) electrons.